The Balaban J connectivity index is 0.00000289. The third-order valence-corrected chi connectivity index (χ3v) is 2.48. The van der Waals surface area contributed by atoms with Gasteiger partial charge in [-0.25, -0.2) is 0 Å². The number of rotatable bonds is 4. The summed E-state index contributed by atoms with van der Waals surface area (Å²) in [5.74, 6) is 0.0484. The Morgan fingerprint density at radius 1 is 1.28 bits per heavy atom. The van der Waals surface area contributed by atoms with Crippen molar-refractivity contribution < 1.29 is 15.3 Å². The Morgan fingerprint density at radius 2 is 1.89 bits per heavy atom. The number of benzene rings is 1. The maximum atomic E-state index is 9.97. The lowest BCUT2D eigenvalue weighted by atomic mass is 10.0. The van der Waals surface area contributed by atoms with Gasteiger partial charge in [0.25, 0.3) is 0 Å². The van der Waals surface area contributed by atoms with Crippen LogP contribution in [0, 0.1) is 0 Å². The molecule has 0 spiro atoms. The molecule has 4 nitrogen and oxygen atoms in total. The van der Waals surface area contributed by atoms with Crippen LogP contribution in [-0.4, -0.2) is 27.4 Å². The van der Waals surface area contributed by atoms with Crippen LogP contribution in [0.5, 0.6) is 5.75 Å². The summed E-state index contributed by atoms with van der Waals surface area (Å²) >= 11 is 0. The first-order valence-corrected chi connectivity index (χ1v) is 5.69. The van der Waals surface area contributed by atoms with Crippen molar-refractivity contribution in [1.29, 1.82) is 0 Å². The molecule has 0 heterocycles. The Labute approximate surface area is 114 Å². The number of phenols is 1. The topological polar surface area (TPSA) is 72.7 Å². The Kier molecular flexibility index (Phi) is 6.63. The third kappa shape index (κ3) is 5.23. The van der Waals surface area contributed by atoms with Crippen LogP contribution < -0.4 is 5.32 Å². The molecule has 0 saturated heterocycles. The van der Waals surface area contributed by atoms with Crippen LogP contribution in [0.15, 0.2) is 18.2 Å². The van der Waals surface area contributed by atoms with Gasteiger partial charge in [0, 0.05) is 17.6 Å². The summed E-state index contributed by atoms with van der Waals surface area (Å²) in [5, 5.41) is 31.6. The lowest BCUT2D eigenvalue weighted by Crippen LogP contribution is -2.38. The first kappa shape index (κ1) is 17.2. The van der Waals surface area contributed by atoms with Gasteiger partial charge >= 0.3 is 0 Å². The zero-order chi connectivity index (χ0) is 13.1. The largest absolute Gasteiger partial charge is 0.508 e. The fourth-order valence-corrected chi connectivity index (χ4v) is 1.46. The molecule has 5 heteroatoms. The zero-order valence-electron chi connectivity index (χ0n) is 11.0. The lowest BCUT2D eigenvalue weighted by Gasteiger charge is -2.23. The molecule has 0 aromatic heterocycles. The first-order chi connectivity index (χ1) is 7.83. The fourth-order valence-electron chi connectivity index (χ4n) is 1.46. The molecule has 1 aromatic carbocycles. The summed E-state index contributed by atoms with van der Waals surface area (Å²) < 4.78 is 0. The smallest absolute Gasteiger partial charge is 0.121 e. The second-order valence-corrected chi connectivity index (χ2v) is 5.19. The van der Waals surface area contributed by atoms with Crippen LogP contribution in [0.25, 0.3) is 0 Å². The molecule has 0 fully saturated rings. The predicted molar refractivity (Wildman–Crippen MR) is 74.0 cm³/mol. The number of aromatic hydroxyl groups is 1. The van der Waals surface area contributed by atoms with Crippen molar-refractivity contribution in [1.82, 2.24) is 5.32 Å². The van der Waals surface area contributed by atoms with Gasteiger partial charge < -0.3 is 20.6 Å². The van der Waals surface area contributed by atoms with E-state index >= 15 is 0 Å². The summed E-state index contributed by atoms with van der Waals surface area (Å²) in [7, 11) is 0. The minimum absolute atomic E-state index is 0. The number of hydrogen-bond donors (Lipinski definition) is 4. The molecule has 0 radical (unpaired) electrons. The number of nitrogens with one attached hydrogen (secondary N) is 1. The Bertz CT molecular complexity index is 377. The van der Waals surface area contributed by atoms with Crippen molar-refractivity contribution in [2.24, 2.45) is 0 Å². The van der Waals surface area contributed by atoms with Crippen LogP contribution in [-0.2, 0) is 6.61 Å². The zero-order valence-corrected chi connectivity index (χ0v) is 11.8. The summed E-state index contributed by atoms with van der Waals surface area (Å²) in [6, 6.07) is 4.76. The van der Waals surface area contributed by atoms with Gasteiger partial charge in [-0.2, -0.15) is 0 Å². The van der Waals surface area contributed by atoms with Crippen LogP contribution in [0.1, 0.15) is 38.0 Å². The van der Waals surface area contributed by atoms with E-state index in [4.69, 9.17) is 5.11 Å². The Hall–Kier alpha value is -0.810. The SMILES string of the molecule is CC(C)(C)NC[C@H](O)c1ccc(O)c(CO)c1.Cl. The summed E-state index contributed by atoms with van der Waals surface area (Å²) in [6.07, 6.45) is -0.653. The van der Waals surface area contributed by atoms with Crippen LogP contribution >= 0.6 is 12.4 Å². The summed E-state index contributed by atoms with van der Waals surface area (Å²) in [6.45, 7) is 6.26. The van der Waals surface area contributed by atoms with Crippen LogP contribution in [0.2, 0.25) is 0 Å². The number of halogens is 1. The van der Waals surface area contributed by atoms with Gasteiger partial charge in [0.2, 0.25) is 0 Å². The van der Waals surface area contributed by atoms with E-state index in [2.05, 4.69) is 5.32 Å². The van der Waals surface area contributed by atoms with Gasteiger partial charge in [0.1, 0.15) is 5.75 Å². The van der Waals surface area contributed by atoms with Crippen LogP contribution in [0.4, 0.5) is 0 Å². The molecule has 1 aromatic rings. The molecule has 0 amide bonds. The molecular weight excluding hydrogens is 254 g/mol. The van der Waals surface area contributed by atoms with E-state index in [1.807, 2.05) is 20.8 Å². The molecule has 1 rings (SSSR count). The molecule has 18 heavy (non-hydrogen) atoms. The summed E-state index contributed by atoms with van der Waals surface area (Å²) in [4.78, 5) is 0. The van der Waals surface area contributed by atoms with Crippen molar-refractivity contribution in [2.45, 2.75) is 39.0 Å². The quantitative estimate of drug-likeness (QED) is 0.675. The average molecular weight is 276 g/mol. The van der Waals surface area contributed by atoms with Gasteiger partial charge in [-0.05, 0) is 38.5 Å². The number of aliphatic hydroxyl groups excluding tert-OH is 2. The minimum atomic E-state index is -0.653. The molecule has 0 unspecified atom stereocenters. The predicted octanol–water partition coefficient (Wildman–Crippen LogP) is 1.73. The summed E-state index contributed by atoms with van der Waals surface area (Å²) in [5.41, 5.74) is 1.05. The lowest BCUT2D eigenvalue weighted by molar-refractivity contribution is 0.163. The first-order valence-electron chi connectivity index (χ1n) is 5.69. The van der Waals surface area contributed by atoms with Gasteiger partial charge in [-0.3, -0.25) is 0 Å². The highest BCUT2D eigenvalue weighted by molar-refractivity contribution is 5.85. The highest BCUT2D eigenvalue weighted by Gasteiger charge is 2.14. The van der Waals surface area contributed by atoms with Gasteiger partial charge in [-0.1, -0.05) is 6.07 Å². The van der Waals surface area contributed by atoms with Crippen molar-refractivity contribution in [3.8, 4) is 5.75 Å². The van der Waals surface area contributed by atoms with E-state index in [9.17, 15) is 10.2 Å². The van der Waals surface area contributed by atoms with Gasteiger partial charge in [-0.15, -0.1) is 12.4 Å². The number of hydrogen-bond acceptors (Lipinski definition) is 4. The van der Waals surface area contributed by atoms with E-state index in [0.29, 0.717) is 17.7 Å². The average Bonchev–Trinajstić information content (AvgIpc) is 2.25. The van der Waals surface area contributed by atoms with Crippen molar-refractivity contribution >= 4 is 12.4 Å². The Morgan fingerprint density at radius 3 is 2.39 bits per heavy atom. The van der Waals surface area contributed by atoms with E-state index in [1.165, 1.54) is 6.07 Å². The van der Waals surface area contributed by atoms with Gasteiger partial charge in [0.05, 0.1) is 12.7 Å². The third-order valence-electron chi connectivity index (χ3n) is 2.48. The maximum absolute atomic E-state index is 9.97. The van der Waals surface area contributed by atoms with E-state index in [1.54, 1.807) is 12.1 Å². The van der Waals surface area contributed by atoms with E-state index < -0.39 is 6.10 Å². The van der Waals surface area contributed by atoms with E-state index in [0.717, 1.165) is 0 Å². The second-order valence-electron chi connectivity index (χ2n) is 5.19. The molecule has 0 bridgehead atoms. The fraction of sp³-hybridized carbons (Fsp3) is 0.538. The maximum Gasteiger partial charge on any atom is 0.121 e. The van der Waals surface area contributed by atoms with Crippen LogP contribution in [0.3, 0.4) is 0 Å². The molecule has 0 aliphatic rings. The second kappa shape index (κ2) is 6.95. The molecule has 1 atom stereocenters. The highest BCUT2D eigenvalue weighted by atomic mass is 35.5. The molecule has 0 aliphatic carbocycles. The monoisotopic (exact) mass is 275 g/mol. The van der Waals surface area contributed by atoms with E-state index in [-0.39, 0.29) is 30.3 Å². The molecule has 0 saturated carbocycles. The molecule has 4 N–H and O–H groups in total. The number of aliphatic hydroxyl groups is 2. The van der Waals surface area contributed by atoms with Crippen molar-refractivity contribution in [3.63, 3.8) is 0 Å². The van der Waals surface area contributed by atoms with Gasteiger partial charge in [0.15, 0.2) is 0 Å². The molecular formula is C13H22ClNO3. The minimum Gasteiger partial charge on any atom is -0.508 e. The normalized spacial score (nSPS) is 12.9. The van der Waals surface area contributed by atoms with Crippen molar-refractivity contribution in [3.05, 3.63) is 29.3 Å². The highest BCUT2D eigenvalue weighted by Crippen LogP contribution is 2.22. The number of β-amino-alcohol motifs (C(OH)–C–C–N with tert-alkyl or cyclic N) is 1. The van der Waals surface area contributed by atoms with Crippen molar-refractivity contribution in [2.75, 3.05) is 6.54 Å². The molecule has 104 valence electrons. The molecule has 0 aliphatic heterocycles. The standard InChI is InChI=1S/C13H21NO3.ClH/c1-13(2,3)14-7-12(17)9-4-5-11(16)10(6-9)8-15;/h4-6,12,14-17H,7-8H2,1-3H3;1H/t12-;/m0./s1.